The van der Waals surface area contributed by atoms with Crippen LogP contribution < -0.4 is 0 Å². The first-order chi connectivity index (χ1) is 16.5. The fourth-order valence-electron chi connectivity index (χ4n) is 4.43. The van der Waals surface area contributed by atoms with Crippen molar-refractivity contribution in [2.45, 2.75) is 23.5 Å². The zero-order valence-corrected chi connectivity index (χ0v) is 19.9. The van der Waals surface area contributed by atoms with Crippen LogP contribution in [0.15, 0.2) is 120 Å². The van der Waals surface area contributed by atoms with Gasteiger partial charge in [0.2, 0.25) is 10.0 Å². The number of hydrogen-bond donors (Lipinski definition) is 0. The normalized spacial score (nSPS) is 17.9. The highest BCUT2D eigenvalue weighted by molar-refractivity contribution is 7.89. The van der Waals surface area contributed by atoms with E-state index in [0.717, 1.165) is 22.3 Å². The van der Waals surface area contributed by atoms with Crippen molar-refractivity contribution in [2.75, 3.05) is 13.2 Å². The molecule has 4 nitrogen and oxygen atoms in total. The first-order valence-corrected chi connectivity index (χ1v) is 12.8. The Balaban J connectivity index is 1.49. The number of sulfonamides is 1. The molecule has 1 aliphatic rings. The third-order valence-electron chi connectivity index (χ3n) is 6.33. The van der Waals surface area contributed by atoms with Crippen molar-refractivity contribution in [3.05, 3.63) is 138 Å². The molecule has 5 rings (SSSR count). The van der Waals surface area contributed by atoms with Crippen LogP contribution in [0, 0.1) is 6.92 Å². The molecule has 0 spiro atoms. The van der Waals surface area contributed by atoms with Gasteiger partial charge in [0, 0.05) is 6.54 Å². The molecular formula is C29H27NO3S. The summed E-state index contributed by atoms with van der Waals surface area (Å²) in [5.74, 6) is 0. The van der Waals surface area contributed by atoms with Gasteiger partial charge in [0.05, 0.1) is 17.5 Å². The van der Waals surface area contributed by atoms with Crippen LogP contribution in [0.5, 0.6) is 0 Å². The van der Waals surface area contributed by atoms with Crippen molar-refractivity contribution >= 4 is 10.0 Å². The van der Waals surface area contributed by atoms with Crippen molar-refractivity contribution in [3.8, 4) is 0 Å². The van der Waals surface area contributed by atoms with Crippen LogP contribution in [0.1, 0.15) is 22.3 Å². The maximum absolute atomic E-state index is 13.1. The lowest BCUT2D eigenvalue weighted by Crippen LogP contribution is -2.34. The summed E-state index contributed by atoms with van der Waals surface area (Å²) in [5, 5.41) is 0. The van der Waals surface area contributed by atoms with Crippen LogP contribution >= 0.6 is 0 Å². The van der Waals surface area contributed by atoms with Gasteiger partial charge in [0.25, 0.3) is 0 Å². The second kappa shape index (κ2) is 9.18. The lowest BCUT2D eigenvalue weighted by molar-refractivity contribution is 0.0120. The summed E-state index contributed by atoms with van der Waals surface area (Å²) in [7, 11) is -3.54. The van der Waals surface area contributed by atoms with E-state index in [4.69, 9.17) is 4.74 Å². The molecule has 1 unspecified atom stereocenters. The highest BCUT2D eigenvalue weighted by Gasteiger charge is 2.47. The molecule has 1 aliphatic heterocycles. The van der Waals surface area contributed by atoms with E-state index in [9.17, 15) is 8.42 Å². The Morgan fingerprint density at radius 1 is 0.735 bits per heavy atom. The quantitative estimate of drug-likeness (QED) is 0.257. The molecule has 1 saturated heterocycles. The van der Waals surface area contributed by atoms with Crippen molar-refractivity contribution < 1.29 is 13.2 Å². The van der Waals surface area contributed by atoms with Crippen molar-refractivity contribution in [1.29, 1.82) is 0 Å². The smallest absolute Gasteiger partial charge is 0.243 e. The topological polar surface area (TPSA) is 46.4 Å². The molecule has 0 amide bonds. The number of nitrogens with zero attached hydrogens (tertiary/aromatic N) is 1. The zero-order valence-electron chi connectivity index (χ0n) is 19.0. The molecule has 1 heterocycles. The van der Waals surface area contributed by atoms with Crippen LogP contribution in [-0.2, 0) is 20.4 Å². The molecule has 4 aromatic carbocycles. The molecule has 4 aromatic rings. The average Bonchev–Trinajstić information content (AvgIpc) is 3.68. The Bertz CT molecular complexity index is 1240. The molecule has 2 atom stereocenters. The molecule has 0 aromatic heterocycles. The fraction of sp³-hybridized carbons (Fsp3) is 0.172. The molecule has 172 valence electrons. The predicted octanol–water partition coefficient (Wildman–Crippen LogP) is 5.38. The Hall–Kier alpha value is -3.25. The third-order valence-corrected chi connectivity index (χ3v) is 8.26. The molecule has 5 heteroatoms. The van der Waals surface area contributed by atoms with E-state index in [-0.39, 0.29) is 12.6 Å². The van der Waals surface area contributed by atoms with E-state index in [1.807, 2.05) is 73.7 Å². The number of rotatable bonds is 8. The summed E-state index contributed by atoms with van der Waals surface area (Å²) in [4.78, 5) is 0.320. The molecule has 0 radical (unpaired) electrons. The van der Waals surface area contributed by atoms with Crippen LogP contribution in [0.2, 0.25) is 0 Å². The summed E-state index contributed by atoms with van der Waals surface area (Å²) in [6.07, 6.45) is 0. The zero-order chi connectivity index (χ0) is 23.6. The Labute approximate surface area is 201 Å². The summed E-state index contributed by atoms with van der Waals surface area (Å²) in [5.41, 5.74) is 3.18. The number of hydrogen-bond acceptors (Lipinski definition) is 3. The van der Waals surface area contributed by atoms with Gasteiger partial charge in [-0.05, 0) is 35.7 Å². The van der Waals surface area contributed by atoms with Gasteiger partial charge in [0.1, 0.15) is 5.60 Å². The van der Waals surface area contributed by atoms with E-state index in [2.05, 4.69) is 36.4 Å². The van der Waals surface area contributed by atoms with Gasteiger partial charge in [-0.2, -0.15) is 4.31 Å². The molecule has 0 saturated carbocycles. The van der Waals surface area contributed by atoms with Crippen LogP contribution in [0.25, 0.3) is 0 Å². The highest BCUT2D eigenvalue weighted by atomic mass is 32.2. The summed E-state index contributed by atoms with van der Waals surface area (Å²) in [6, 6.07) is 37.2. The summed E-state index contributed by atoms with van der Waals surface area (Å²) < 4.78 is 34.5. The molecule has 0 N–H and O–H groups in total. The molecule has 0 bridgehead atoms. The minimum atomic E-state index is -3.54. The molecule has 0 aliphatic carbocycles. The number of aryl methyl sites for hydroxylation is 1. The standard InChI is InChI=1S/C29H27NO3S/c1-23-17-19-28(20-18-23)34(31,32)30-21-27(30)22-33-29(24-11-5-2-6-12-24,25-13-7-3-8-14-25)26-15-9-4-10-16-26/h2-20,27H,21-22H2,1H3/t27-,30?/m0/s1. The lowest BCUT2D eigenvalue weighted by atomic mass is 9.80. The maximum Gasteiger partial charge on any atom is 0.243 e. The first-order valence-electron chi connectivity index (χ1n) is 11.4. The Morgan fingerprint density at radius 2 is 1.18 bits per heavy atom. The monoisotopic (exact) mass is 469 g/mol. The van der Waals surface area contributed by atoms with Gasteiger partial charge in [-0.15, -0.1) is 0 Å². The van der Waals surface area contributed by atoms with Gasteiger partial charge < -0.3 is 4.74 Å². The second-order valence-corrected chi connectivity index (χ2v) is 10.5. The van der Waals surface area contributed by atoms with E-state index in [1.54, 1.807) is 12.1 Å². The Morgan fingerprint density at radius 3 is 1.62 bits per heavy atom. The first kappa shape index (κ1) is 22.5. The molecular weight excluding hydrogens is 442 g/mol. The Kier molecular flexibility index (Phi) is 6.09. The van der Waals surface area contributed by atoms with E-state index in [1.165, 1.54) is 4.31 Å². The van der Waals surface area contributed by atoms with Gasteiger partial charge >= 0.3 is 0 Å². The van der Waals surface area contributed by atoms with E-state index >= 15 is 0 Å². The number of benzene rings is 4. The van der Waals surface area contributed by atoms with Crippen LogP contribution in [0.3, 0.4) is 0 Å². The largest absolute Gasteiger partial charge is 0.359 e. The fourth-order valence-corrected chi connectivity index (χ4v) is 6.00. The minimum Gasteiger partial charge on any atom is -0.359 e. The van der Waals surface area contributed by atoms with Gasteiger partial charge in [-0.3, -0.25) is 0 Å². The van der Waals surface area contributed by atoms with Crippen molar-refractivity contribution in [3.63, 3.8) is 0 Å². The molecule has 34 heavy (non-hydrogen) atoms. The lowest BCUT2D eigenvalue weighted by Gasteiger charge is -2.36. The second-order valence-electron chi connectivity index (χ2n) is 8.63. The minimum absolute atomic E-state index is 0.207. The molecule has 1 fully saturated rings. The number of ether oxygens (including phenoxy) is 1. The van der Waals surface area contributed by atoms with Gasteiger partial charge in [-0.25, -0.2) is 8.42 Å². The van der Waals surface area contributed by atoms with E-state index < -0.39 is 15.6 Å². The van der Waals surface area contributed by atoms with Gasteiger partial charge in [-0.1, -0.05) is 109 Å². The van der Waals surface area contributed by atoms with Gasteiger partial charge in [0.15, 0.2) is 0 Å². The van der Waals surface area contributed by atoms with Crippen LogP contribution in [-0.4, -0.2) is 31.9 Å². The van der Waals surface area contributed by atoms with E-state index in [0.29, 0.717) is 11.4 Å². The average molecular weight is 470 g/mol. The maximum atomic E-state index is 13.1. The predicted molar refractivity (Wildman–Crippen MR) is 134 cm³/mol. The SMILES string of the molecule is Cc1ccc(S(=O)(=O)N2C[C@H]2COC(c2ccccc2)(c2ccccc2)c2ccccc2)cc1. The third kappa shape index (κ3) is 4.18. The van der Waals surface area contributed by atoms with Crippen LogP contribution in [0.4, 0.5) is 0 Å². The highest BCUT2D eigenvalue weighted by Crippen LogP contribution is 2.41. The van der Waals surface area contributed by atoms with Crippen molar-refractivity contribution in [1.82, 2.24) is 4.31 Å². The van der Waals surface area contributed by atoms with Crippen molar-refractivity contribution in [2.24, 2.45) is 0 Å². The summed E-state index contributed by atoms with van der Waals surface area (Å²) in [6.45, 7) is 2.68. The summed E-state index contributed by atoms with van der Waals surface area (Å²) >= 11 is 0.